The lowest BCUT2D eigenvalue weighted by atomic mass is 9.99. The molecule has 2 N–H and O–H groups in total. The lowest BCUT2D eigenvalue weighted by molar-refractivity contribution is 0.224. The first-order valence-corrected chi connectivity index (χ1v) is 9.29. The van der Waals surface area contributed by atoms with Gasteiger partial charge < -0.3 is 15.5 Å². The lowest BCUT2D eigenvalue weighted by Crippen LogP contribution is -2.35. The molecule has 2 aliphatic rings. The molecule has 134 valence electrons. The van der Waals surface area contributed by atoms with E-state index in [-0.39, 0.29) is 0 Å². The predicted molar refractivity (Wildman–Crippen MR) is 106 cm³/mol. The molecule has 0 fully saturated rings. The second-order valence-electron chi connectivity index (χ2n) is 7.00. The molecule has 0 aromatic heterocycles. The zero-order valence-corrected chi connectivity index (χ0v) is 15.2. The molecule has 1 unspecified atom stereocenters. The molecule has 0 bridgehead atoms. The van der Waals surface area contributed by atoms with Gasteiger partial charge in [0.05, 0.1) is 6.61 Å². The molecule has 0 saturated carbocycles. The molecule has 0 spiro atoms. The second-order valence-corrected chi connectivity index (χ2v) is 7.00. The minimum Gasteiger partial charge on any atom is -0.493 e. The summed E-state index contributed by atoms with van der Waals surface area (Å²) in [6, 6.07) is 17.1. The third-order valence-electron chi connectivity index (χ3n) is 5.40. The fourth-order valence-electron chi connectivity index (χ4n) is 3.76. The summed E-state index contributed by atoms with van der Waals surface area (Å²) < 4.78 is 5.73. The summed E-state index contributed by atoms with van der Waals surface area (Å²) in [4.78, 5) is 2.44. The molecule has 1 atom stereocenters. The molecule has 2 aromatic rings. The van der Waals surface area contributed by atoms with Gasteiger partial charge in [0, 0.05) is 55.1 Å². The molecule has 4 nitrogen and oxygen atoms in total. The monoisotopic (exact) mass is 347 g/mol. The number of nitrogens with zero attached hydrogens (tertiary/aromatic N) is 1. The van der Waals surface area contributed by atoms with E-state index in [9.17, 15) is 0 Å². The summed E-state index contributed by atoms with van der Waals surface area (Å²) in [5.74, 6) is 1.04. The van der Waals surface area contributed by atoms with Crippen LogP contribution in [0.2, 0.25) is 0 Å². The average molecular weight is 347 g/mol. The quantitative estimate of drug-likeness (QED) is 0.788. The highest BCUT2D eigenvalue weighted by molar-refractivity contribution is 5.79. The fraction of sp³-hybridized carbons (Fsp3) is 0.318. The van der Waals surface area contributed by atoms with Gasteiger partial charge in [-0.25, -0.2) is 0 Å². The highest BCUT2D eigenvalue weighted by Crippen LogP contribution is 2.32. The summed E-state index contributed by atoms with van der Waals surface area (Å²) in [7, 11) is 0. The molecular formula is C22H25N3O. The Morgan fingerprint density at radius 2 is 2.00 bits per heavy atom. The van der Waals surface area contributed by atoms with Gasteiger partial charge in [0.1, 0.15) is 5.75 Å². The van der Waals surface area contributed by atoms with Crippen LogP contribution in [0.3, 0.4) is 0 Å². The fourth-order valence-corrected chi connectivity index (χ4v) is 3.76. The number of nitrogens with one attached hydrogen (secondary N) is 2. The number of anilines is 1. The number of hydrogen-bond donors (Lipinski definition) is 2. The zero-order valence-electron chi connectivity index (χ0n) is 15.2. The van der Waals surface area contributed by atoms with Gasteiger partial charge in [-0.15, -0.1) is 0 Å². The van der Waals surface area contributed by atoms with Gasteiger partial charge in [0.15, 0.2) is 0 Å². The highest BCUT2D eigenvalue weighted by atomic mass is 16.5. The van der Waals surface area contributed by atoms with Crippen molar-refractivity contribution in [2.24, 2.45) is 0 Å². The van der Waals surface area contributed by atoms with Gasteiger partial charge in [-0.05, 0) is 36.2 Å². The lowest BCUT2D eigenvalue weighted by Gasteiger charge is -2.34. The third kappa shape index (κ3) is 3.37. The van der Waals surface area contributed by atoms with Gasteiger partial charge in [-0.3, -0.25) is 4.90 Å². The van der Waals surface area contributed by atoms with Crippen molar-refractivity contribution in [3.63, 3.8) is 0 Å². The van der Waals surface area contributed by atoms with Crippen molar-refractivity contribution < 1.29 is 4.74 Å². The van der Waals surface area contributed by atoms with Gasteiger partial charge in [0.25, 0.3) is 0 Å². The van der Waals surface area contributed by atoms with Crippen LogP contribution in [0.5, 0.6) is 5.75 Å². The van der Waals surface area contributed by atoms with Crippen LogP contribution in [0.15, 0.2) is 59.8 Å². The van der Waals surface area contributed by atoms with Crippen LogP contribution in [-0.4, -0.2) is 30.8 Å². The predicted octanol–water partition coefficient (Wildman–Crippen LogP) is 4.40. The topological polar surface area (TPSA) is 48.4 Å². The van der Waals surface area contributed by atoms with E-state index in [0.717, 1.165) is 55.2 Å². The van der Waals surface area contributed by atoms with Crippen LogP contribution >= 0.6 is 0 Å². The molecule has 26 heavy (non-hydrogen) atoms. The van der Waals surface area contributed by atoms with Crippen molar-refractivity contribution in [2.45, 2.75) is 25.8 Å². The van der Waals surface area contributed by atoms with Crippen LogP contribution in [0.25, 0.3) is 0 Å². The largest absolute Gasteiger partial charge is 0.493 e. The normalized spacial score (nSPS) is 18.2. The van der Waals surface area contributed by atoms with Gasteiger partial charge >= 0.3 is 0 Å². The molecule has 0 saturated heterocycles. The third-order valence-corrected chi connectivity index (χ3v) is 5.40. The Labute approximate surface area is 155 Å². The van der Waals surface area contributed by atoms with Crippen molar-refractivity contribution >= 4 is 11.9 Å². The Bertz CT molecular complexity index is 829. The first-order chi connectivity index (χ1) is 12.7. The van der Waals surface area contributed by atoms with E-state index in [4.69, 9.17) is 10.1 Å². The smallest absolute Gasteiger partial charge is 0.122 e. The number of ether oxygens (including phenoxy) is 1. The minimum atomic E-state index is 0.303. The van der Waals surface area contributed by atoms with Gasteiger partial charge in [-0.2, -0.15) is 0 Å². The zero-order chi connectivity index (χ0) is 17.9. The summed E-state index contributed by atoms with van der Waals surface area (Å²) >= 11 is 0. The second kappa shape index (κ2) is 7.34. The molecule has 4 heteroatoms. The van der Waals surface area contributed by atoms with Crippen molar-refractivity contribution in [2.75, 3.05) is 25.0 Å². The number of benzene rings is 2. The highest BCUT2D eigenvalue weighted by Gasteiger charge is 2.24. The number of fused-ring (bicyclic) bond motifs is 1. The van der Waals surface area contributed by atoms with E-state index < -0.39 is 0 Å². The number of rotatable bonds is 5. The molecule has 0 amide bonds. The van der Waals surface area contributed by atoms with E-state index in [2.05, 4.69) is 47.5 Å². The van der Waals surface area contributed by atoms with Crippen LogP contribution in [-0.2, 0) is 6.42 Å². The minimum absolute atomic E-state index is 0.303. The Morgan fingerprint density at radius 3 is 2.81 bits per heavy atom. The molecule has 2 aliphatic heterocycles. The maximum atomic E-state index is 7.86. The Balaban J connectivity index is 1.50. The Hall–Kier alpha value is -2.59. The Morgan fingerprint density at radius 1 is 1.15 bits per heavy atom. The molecule has 2 heterocycles. The average Bonchev–Trinajstić information content (AvgIpc) is 3.16. The van der Waals surface area contributed by atoms with Gasteiger partial charge in [-0.1, -0.05) is 30.3 Å². The standard InChI is InChI=1S/C22H25N3O/c1-16(18-8-7-17-10-12-26-22(17)13-18)25-11-9-21(19(14-23)15-25)24-20-5-3-2-4-6-20/h2-8,13-14,16,23-24H,9-12,15H2,1H3. The first kappa shape index (κ1) is 16.9. The number of hydrogen-bond acceptors (Lipinski definition) is 4. The first-order valence-electron chi connectivity index (χ1n) is 9.29. The van der Waals surface area contributed by atoms with E-state index in [1.807, 2.05) is 18.2 Å². The number of para-hydroxylation sites is 1. The molecule has 4 rings (SSSR count). The summed E-state index contributed by atoms with van der Waals surface area (Å²) in [5, 5.41) is 11.4. The van der Waals surface area contributed by atoms with Crippen molar-refractivity contribution in [1.82, 2.24) is 4.90 Å². The summed E-state index contributed by atoms with van der Waals surface area (Å²) in [5.41, 5.74) is 5.90. The maximum absolute atomic E-state index is 7.86. The van der Waals surface area contributed by atoms with Gasteiger partial charge in [0.2, 0.25) is 0 Å². The molecule has 0 aliphatic carbocycles. The van der Waals surface area contributed by atoms with E-state index >= 15 is 0 Å². The van der Waals surface area contributed by atoms with E-state index in [1.165, 1.54) is 17.3 Å². The van der Waals surface area contributed by atoms with Crippen molar-refractivity contribution in [3.05, 3.63) is 70.9 Å². The van der Waals surface area contributed by atoms with Crippen LogP contribution in [0.4, 0.5) is 5.69 Å². The van der Waals surface area contributed by atoms with Crippen LogP contribution in [0.1, 0.15) is 30.5 Å². The molecule has 2 aromatic carbocycles. The maximum Gasteiger partial charge on any atom is 0.122 e. The van der Waals surface area contributed by atoms with E-state index in [1.54, 1.807) is 0 Å². The van der Waals surface area contributed by atoms with Crippen molar-refractivity contribution in [1.29, 1.82) is 5.41 Å². The van der Waals surface area contributed by atoms with Crippen molar-refractivity contribution in [3.8, 4) is 5.75 Å². The Kier molecular flexibility index (Phi) is 4.76. The SMILES string of the molecule is CC(c1ccc2c(c1)OCC2)N1CCC(Nc2ccccc2)=C(C=N)C1. The van der Waals surface area contributed by atoms with Crippen LogP contribution in [0, 0.1) is 5.41 Å². The van der Waals surface area contributed by atoms with Crippen LogP contribution < -0.4 is 10.1 Å². The molecule has 0 radical (unpaired) electrons. The summed E-state index contributed by atoms with van der Waals surface area (Å²) in [6.07, 6.45) is 3.43. The van der Waals surface area contributed by atoms with E-state index in [0.29, 0.717) is 6.04 Å². The summed E-state index contributed by atoms with van der Waals surface area (Å²) in [6.45, 7) is 4.81. The molecular weight excluding hydrogens is 322 g/mol.